The second-order valence-electron chi connectivity index (χ2n) is 5.71. The van der Waals surface area contributed by atoms with Gasteiger partial charge in [0, 0.05) is 24.8 Å². The van der Waals surface area contributed by atoms with Gasteiger partial charge in [-0.3, -0.25) is 0 Å². The number of fused-ring (bicyclic) bond motifs is 1. The molecule has 1 aromatic heterocycles. The van der Waals surface area contributed by atoms with Gasteiger partial charge in [-0.05, 0) is 47.8 Å². The summed E-state index contributed by atoms with van der Waals surface area (Å²) >= 11 is 0. The first-order valence-electron chi connectivity index (χ1n) is 7.08. The van der Waals surface area contributed by atoms with Gasteiger partial charge in [-0.2, -0.15) is 0 Å². The molecule has 0 aliphatic heterocycles. The summed E-state index contributed by atoms with van der Waals surface area (Å²) in [7, 11) is 0. The molecule has 1 fully saturated rings. The SMILES string of the molecule is CCC1(CNCc2ccc3cc[nH]c3c2)CCC1. The van der Waals surface area contributed by atoms with E-state index in [0.29, 0.717) is 5.41 Å². The molecule has 0 bridgehead atoms. The molecule has 2 aromatic rings. The normalized spacial score (nSPS) is 17.8. The van der Waals surface area contributed by atoms with Crippen LogP contribution in [0.4, 0.5) is 0 Å². The Hall–Kier alpha value is -1.28. The largest absolute Gasteiger partial charge is 0.361 e. The predicted molar refractivity (Wildman–Crippen MR) is 76.6 cm³/mol. The molecule has 1 aliphatic rings. The van der Waals surface area contributed by atoms with Crippen molar-refractivity contribution in [1.29, 1.82) is 0 Å². The van der Waals surface area contributed by atoms with Crippen LogP contribution in [0.15, 0.2) is 30.5 Å². The second kappa shape index (κ2) is 4.77. The molecule has 0 atom stereocenters. The van der Waals surface area contributed by atoms with Gasteiger partial charge in [0.15, 0.2) is 0 Å². The van der Waals surface area contributed by atoms with Crippen molar-refractivity contribution >= 4 is 10.9 Å². The third-order valence-electron chi connectivity index (χ3n) is 4.61. The van der Waals surface area contributed by atoms with Crippen molar-refractivity contribution in [1.82, 2.24) is 10.3 Å². The molecule has 1 saturated carbocycles. The smallest absolute Gasteiger partial charge is 0.0457 e. The summed E-state index contributed by atoms with van der Waals surface area (Å²) in [5.41, 5.74) is 3.22. The molecular weight excluding hydrogens is 220 g/mol. The molecule has 0 spiro atoms. The van der Waals surface area contributed by atoms with Crippen LogP contribution in [0.2, 0.25) is 0 Å². The fourth-order valence-corrected chi connectivity index (χ4v) is 3.01. The van der Waals surface area contributed by atoms with Gasteiger partial charge in [0.05, 0.1) is 0 Å². The van der Waals surface area contributed by atoms with Gasteiger partial charge >= 0.3 is 0 Å². The first-order chi connectivity index (χ1) is 8.81. The predicted octanol–water partition coefficient (Wildman–Crippen LogP) is 3.84. The Kier molecular flexibility index (Phi) is 3.13. The lowest BCUT2D eigenvalue weighted by Crippen LogP contribution is -2.39. The number of hydrogen-bond acceptors (Lipinski definition) is 1. The first-order valence-corrected chi connectivity index (χ1v) is 7.08. The van der Waals surface area contributed by atoms with Crippen molar-refractivity contribution in [3.05, 3.63) is 36.0 Å². The van der Waals surface area contributed by atoms with Crippen molar-refractivity contribution in [3.8, 4) is 0 Å². The molecule has 0 unspecified atom stereocenters. The lowest BCUT2D eigenvalue weighted by atomic mass is 9.67. The van der Waals surface area contributed by atoms with Crippen LogP contribution in [0.1, 0.15) is 38.2 Å². The molecule has 1 aliphatic carbocycles. The Labute approximate surface area is 109 Å². The third kappa shape index (κ3) is 2.17. The minimum Gasteiger partial charge on any atom is -0.361 e. The summed E-state index contributed by atoms with van der Waals surface area (Å²) in [6, 6.07) is 8.79. The van der Waals surface area contributed by atoms with Gasteiger partial charge in [0.2, 0.25) is 0 Å². The molecule has 96 valence electrons. The van der Waals surface area contributed by atoms with Crippen LogP contribution < -0.4 is 5.32 Å². The van der Waals surface area contributed by atoms with Crippen molar-refractivity contribution in [3.63, 3.8) is 0 Å². The molecular formula is C16H22N2. The average Bonchev–Trinajstić information content (AvgIpc) is 2.80. The Bertz CT molecular complexity index is 517. The topological polar surface area (TPSA) is 27.8 Å². The summed E-state index contributed by atoms with van der Waals surface area (Å²) < 4.78 is 0. The maximum absolute atomic E-state index is 3.64. The van der Waals surface area contributed by atoms with Crippen LogP contribution >= 0.6 is 0 Å². The average molecular weight is 242 g/mol. The van der Waals surface area contributed by atoms with E-state index < -0.39 is 0 Å². The highest BCUT2D eigenvalue weighted by molar-refractivity contribution is 5.79. The second-order valence-corrected chi connectivity index (χ2v) is 5.71. The summed E-state index contributed by atoms with van der Waals surface area (Å²) in [6.07, 6.45) is 7.56. The monoisotopic (exact) mass is 242 g/mol. The van der Waals surface area contributed by atoms with Crippen molar-refractivity contribution in [2.45, 2.75) is 39.2 Å². The van der Waals surface area contributed by atoms with Crippen molar-refractivity contribution in [2.24, 2.45) is 5.41 Å². The van der Waals surface area contributed by atoms with Gasteiger partial charge in [-0.1, -0.05) is 25.5 Å². The van der Waals surface area contributed by atoms with E-state index >= 15 is 0 Å². The number of nitrogens with one attached hydrogen (secondary N) is 2. The zero-order valence-corrected chi connectivity index (χ0v) is 11.1. The van der Waals surface area contributed by atoms with E-state index in [4.69, 9.17) is 0 Å². The molecule has 1 heterocycles. The van der Waals surface area contributed by atoms with Crippen molar-refractivity contribution in [2.75, 3.05) is 6.54 Å². The summed E-state index contributed by atoms with van der Waals surface area (Å²) in [4.78, 5) is 3.27. The van der Waals surface area contributed by atoms with E-state index in [-0.39, 0.29) is 0 Å². The Balaban J connectivity index is 1.59. The fourth-order valence-electron chi connectivity index (χ4n) is 3.01. The standard InChI is InChI=1S/C16H22N2/c1-2-16(7-3-8-16)12-17-11-13-4-5-14-6-9-18-15(14)10-13/h4-6,9-10,17-18H,2-3,7-8,11-12H2,1H3. The third-order valence-corrected chi connectivity index (χ3v) is 4.61. The molecule has 2 nitrogen and oxygen atoms in total. The number of aromatic nitrogens is 1. The van der Waals surface area contributed by atoms with Crippen LogP contribution in [0.5, 0.6) is 0 Å². The molecule has 2 heteroatoms. The van der Waals surface area contributed by atoms with Crippen LogP contribution in [0.25, 0.3) is 10.9 Å². The number of H-pyrrole nitrogens is 1. The van der Waals surface area contributed by atoms with E-state index in [1.807, 2.05) is 6.20 Å². The molecule has 0 amide bonds. The van der Waals surface area contributed by atoms with Gasteiger partial charge in [0.25, 0.3) is 0 Å². The van der Waals surface area contributed by atoms with Gasteiger partial charge < -0.3 is 10.3 Å². The minimum atomic E-state index is 0.608. The van der Waals surface area contributed by atoms with Gasteiger partial charge in [-0.15, -0.1) is 0 Å². The van der Waals surface area contributed by atoms with E-state index in [9.17, 15) is 0 Å². The molecule has 2 N–H and O–H groups in total. The highest BCUT2D eigenvalue weighted by Crippen LogP contribution is 2.43. The lowest BCUT2D eigenvalue weighted by molar-refractivity contribution is 0.124. The molecule has 0 saturated heterocycles. The summed E-state index contributed by atoms with van der Waals surface area (Å²) in [6.45, 7) is 4.48. The molecule has 1 aromatic carbocycles. The Morgan fingerprint density at radius 1 is 1.28 bits per heavy atom. The minimum absolute atomic E-state index is 0.608. The zero-order chi connectivity index (χ0) is 12.4. The molecule has 18 heavy (non-hydrogen) atoms. The zero-order valence-electron chi connectivity index (χ0n) is 11.1. The highest BCUT2D eigenvalue weighted by atomic mass is 14.9. The number of hydrogen-bond donors (Lipinski definition) is 2. The van der Waals surface area contributed by atoms with Crippen molar-refractivity contribution < 1.29 is 0 Å². The van der Waals surface area contributed by atoms with Crippen LogP contribution in [0, 0.1) is 5.41 Å². The van der Waals surface area contributed by atoms with E-state index in [0.717, 1.165) is 6.54 Å². The van der Waals surface area contributed by atoms with Gasteiger partial charge in [-0.25, -0.2) is 0 Å². The maximum Gasteiger partial charge on any atom is 0.0457 e. The number of aromatic amines is 1. The fraction of sp³-hybridized carbons (Fsp3) is 0.500. The Morgan fingerprint density at radius 3 is 2.89 bits per heavy atom. The summed E-state index contributed by atoms with van der Waals surface area (Å²) in [5.74, 6) is 0. The van der Waals surface area contributed by atoms with Crippen LogP contribution in [-0.4, -0.2) is 11.5 Å². The summed E-state index contributed by atoms with van der Waals surface area (Å²) in [5, 5.41) is 4.93. The van der Waals surface area contributed by atoms with E-state index in [2.05, 4.69) is 41.5 Å². The Morgan fingerprint density at radius 2 is 2.17 bits per heavy atom. The van der Waals surface area contributed by atoms with Crippen LogP contribution in [-0.2, 0) is 6.54 Å². The molecule has 0 radical (unpaired) electrons. The maximum atomic E-state index is 3.64. The number of rotatable bonds is 5. The van der Waals surface area contributed by atoms with Gasteiger partial charge in [0.1, 0.15) is 0 Å². The quantitative estimate of drug-likeness (QED) is 0.819. The van der Waals surface area contributed by atoms with E-state index in [1.54, 1.807) is 0 Å². The van der Waals surface area contributed by atoms with Crippen LogP contribution in [0.3, 0.4) is 0 Å². The molecule has 3 rings (SSSR count). The lowest BCUT2D eigenvalue weighted by Gasteiger charge is -2.41. The highest BCUT2D eigenvalue weighted by Gasteiger charge is 2.34. The number of benzene rings is 1. The van der Waals surface area contributed by atoms with E-state index in [1.165, 1.54) is 48.7 Å². The first kappa shape index (κ1) is 11.8.